The van der Waals surface area contributed by atoms with Gasteiger partial charge >= 0.3 is 0 Å². The molecule has 2 atom stereocenters. The minimum absolute atomic E-state index is 0.00407. The van der Waals surface area contributed by atoms with Crippen LogP contribution in [0.4, 0.5) is 0 Å². The molecule has 1 aliphatic carbocycles. The van der Waals surface area contributed by atoms with E-state index in [1.54, 1.807) is 24.3 Å². The molecule has 2 aromatic rings. The predicted molar refractivity (Wildman–Crippen MR) is 87.6 cm³/mol. The maximum atomic E-state index is 10.4. The number of nitrogens with zero attached hydrogens (tertiary/aromatic N) is 1. The van der Waals surface area contributed by atoms with E-state index in [-0.39, 0.29) is 6.61 Å². The Kier molecular flexibility index (Phi) is 4.44. The van der Waals surface area contributed by atoms with Crippen molar-refractivity contribution in [3.05, 3.63) is 70.8 Å². The maximum absolute atomic E-state index is 10.4. The van der Waals surface area contributed by atoms with Gasteiger partial charge < -0.3 is 15.5 Å². The summed E-state index contributed by atoms with van der Waals surface area (Å²) in [5.74, 6) is 0. The molecule has 0 bridgehead atoms. The number of nitrogens with one attached hydrogen (secondary N) is 1. The molecule has 0 radical (unpaired) electrons. The summed E-state index contributed by atoms with van der Waals surface area (Å²) in [6.07, 6.45) is 1.07. The minimum Gasteiger partial charge on any atom is -0.394 e. The molecule has 3 rings (SSSR count). The highest BCUT2D eigenvalue weighted by Crippen LogP contribution is 2.36. The number of nitriles is 1. The lowest BCUT2D eigenvalue weighted by molar-refractivity contribution is 0.119. The van der Waals surface area contributed by atoms with Gasteiger partial charge in [0.2, 0.25) is 0 Å². The average Bonchev–Trinajstić information content (AvgIpc) is 2.99. The van der Waals surface area contributed by atoms with Gasteiger partial charge in [-0.25, -0.2) is 0 Å². The van der Waals surface area contributed by atoms with Gasteiger partial charge in [0.1, 0.15) is 0 Å². The first kappa shape index (κ1) is 15.7. The quantitative estimate of drug-likeness (QED) is 0.790. The number of hydrogen-bond donors (Lipinski definition) is 3. The Morgan fingerprint density at radius 1 is 1.17 bits per heavy atom. The lowest BCUT2D eigenvalue weighted by Gasteiger charge is -2.31. The molecule has 2 unspecified atom stereocenters. The zero-order valence-corrected chi connectivity index (χ0v) is 12.9. The van der Waals surface area contributed by atoms with E-state index >= 15 is 0 Å². The van der Waals surface area contributed by atoms with Crippen molar-refractivity contribution in [3.63, 3.8) is 0 Å². The van der Waals surface area contributed by atoms with Crippen LogP contribution in [0.15, 0.2) is 48.5 Å². The second kappa shape index (κ2) is 6.51. The first-order valence-electron chi connectivity index (χ1n) is 7.81. The second-order valence-electron chi connectivity index (χ2n) is 6.03. The van der Waals surface area contributed by atoms with Crippen molar-refractivity contribution in [1.82, 2.24) is 5.32 Å². The fraction of sp³-hybridized carbons (Fsp3) is 0.316. The fourth-order valence-corrected chi connectivity index (χ4v) is 3.28. The van der Waals surface area contributed by atoms with E-state index in [9.17, 15) is 10.2 Å². The van der Waals surface area contributed by atoms with E-state index in [4.69, 9.17) is 5.26 Å². The number of rotatable bonds is 5. The third-order valence-electron chi connectivity index (χ3n) is 4.68. The Balaban J connectivity index is 1.72. The van der Waals surface area contributed by atoms with Gasteiger partial charge in [0.05, 0.1) is 29.9 Å². The van der Waals surface area contributed by atoms with Crippen molar-refractivity contribution in [3.8, 4) is 6.07 Å². The topological polar surface area (TPSA) is 76.3 Å². The van der Waals surface area contributed by atoms with Crippen LogP contribution in [0.3, 0.4) is 0 Å². The SMILES string of the molecule is N#Cc1ccc(C(O)CNC2(CO)CCc3ccccc32)cc1. The third-order valence-corrected chi connectivity index (χ3v) is 4.68. The summed E-state index contributed by atoms with van der Waals surface area (Å²) in [4.78, 5) is 0. The second-order valence-corrected chi connectivity index (χ2v) is 6.03. The van der Waals surface area contributed by atoms with Crippen LogP contribution in [0.2, 0.25) is 0 Å². The molecular weight excluding hydrogens is 288 g/mol. The van der Waals surface area contributed by atoms with Gasteiger partial charge in [0, 0.05) is 6.54 Å². The Labute approximate surface area is 136 Å². The molecule has 1 aliphatic rings. The lowest BCUT2D eigenvalue weighted by Crippen LogP contribution is -2.45. The minimum atomic E-state index is -0.682. The summed E-state index contributed by atoms with van der Waals surface area (Å²) in [5, 5.41) is 32.5. The normalized spacial score (nSPS) is 20.7. The van der Waals surface area contributed by atoms with Crippen LogP contribution in [0.25, 0.3) is 0 Å². The number of fused-ring (bicyclic) bond motifs is 1. The molecule has 0 aliphatic heterocycles. The van der Waals surface area contributed by atoms with Gasteiger partial charge in [-0.15, -0.1) is 0 Å². The Morgan fingerprint density at radius 3 is 2.61 bits per heavy atom. The maximum Gasteiger partial charge on any atom is 0.0991 e. The van der Waals surface area contributed by atoms with Gasteiger partial charge in [0.15, 0.2) is 0 Å². The molecule has 0 amide bonds. The first-order valence-corrected chi connectivity index (χ1v) is 7.81. The van der Waals surface area contributed by atoms with Gasteiger partial charge in [-0.05, 0) is 41.7 Å². The van der Waals surface area contributed by atoms with E-state index in [1.807, 2.05) is 18.2 Å². The molecule has 23 heavy (non-hydrogen) atoms. The number of benzene rings is 2. The Hall–Kier alpha value is -2.19. The smallest absolute Gasteiger partial charge is 0.0991 e. The van der Waals surface area contributed by atoms with Crippen molar-refractivity contribution >= 4 is 0 Å². The molecule has 0 spiro atoms. The summed E-state index contributed by atoms with van der Waals surface area (Å²) in [5.41, 5.74) is 3.22. The molecule has 2 aromatic carbocycles. The van der Waals surface area contributed by atoms with Crippen LogP contribution in [0, 0.1) is 11.3 Å². The van der Waals surface area contributed by atoms with E-state index < -0.39 is 11.6 Å². The summed E-state index contributed by atoms with van der Waals surface area (Å²) in [6.45, 7) is 0.352. The van der Waals surface area contributed by atoms with Crippen LogP contribution in [0.1, 0.15) is 34.8 Å². The van der Waals surface area contributed by atoms with E-state index in [0.29, 0.717) is 12.1 Å². The van der Waals surface area contributed by atoms with Crippen LogP contribution in [-0.2, 0) is 12.0 Å². The zero-order valence-electron chi connectivity index (χ0n) is 12.9. The summed E-state index contributed by atoms with van der Waals surface area (Å²) in [7, 11) is 0. The average molecular weight is 308 g/mol. The lowest BCUT2D eigenvalue weighted by atomic mass is 9.92. The highest BCUT2D eigenvalue weighted by molar-refractivity contribution is 5.39. The summed E-state index contributed by atoms with van der Waals surface area (Å²) >= 11 is 0. The van der Waals surface area contributed by atoms with Crippen LogP contribution in [0.5, 0.6) is 0 Å². The largest absolute Gasteiger partial charge is 0.394 e. The molecule has 3 N–H and O–H groups in total. The van der Waals surface area contributed by atoms with E-state index in [2.05, 4.69) is 17.5 Å². The van der Waals surface area contributed by atoms with Crippen molar-refractivity contribution in [1.29, 1.82) is 5.26 Å². The molecule has 4 heteroatoms. The number of hydrogen-bond acceptors (Lipinski definition) is 4. The number of aliphatic hydroxyl groups is 2. The van der Waals surface area contributed by atoms with Crippen LogP contribution < -0.4 is 5.32 Å². The van der Waals surface area contributed by atoms with Crippen molar-refractivity contribution < 1.29 is 10.2 Å². The Bertz CT molecular complexity index is 721. The fourth-order valence-electron chi connectivity index (χ4n) is 3.28. The summed E-state index contributed by atoms with van der Waals surface area (Å²) in [6, 6.07) is 17.1. The van der Waals surface area contributed by atoms with Gasteiger partial charge in [-0.3, -0.25) is 0 Å². The molecule has 0 saturated heterocycles. The predicted octanol–water partition coefficient (Wildman–Crippen LogP) is 2.02. The van der Waals surface area contributed by atoms with Crippen molar-refractivity contribution in [2.75, 3.05) is 13.2 Å². The molecule has 0 fully saturated rings. The molecule has 4 nitrogen and oxygen atoms in total. The van der Waals surface area contributed by atoms with Gasteiger partial charge in [-0.1, -0.05) is 36.4 Å². The van der Waals surface area contributed by atoms with E-state index in [0.717, 1.165) is 24.0 Å². The standard InChI is InChI=1S/C19H20N2O2/c20-11-14-5-7-16(8-6-14)18(23)12-21-19(13-22)10-9-15-3-1-2-4-17(15)19/h1-8,18,21-23H,9-10,12-13H2. The van der Waals surface area contributed by atoms with Gasteiger partial charge in [0.25, 0.3) is 0 Å². The molecule has 0 aromatic heterocycles. The molecule has 0 saturated carbocycles. The van der Waals surface area contributed by atoms with Crippen molar-refractivity contribution in [2.45, 2.75) is 24.5 Å². The summed E-state index contributed by atoms with van der Waals surface area (Å²) < 4.78 is 0. The van der Waals surface area contributed by atoms with Crippen LogP contribution >= 0.6 is 0 Å². The monoisotopic (exact) mass is 308 g/mol. The van der Waals surface area contributed by atoms with E-state index in [1.165, 1.54) is 5.56 Å². The highest BCUT2D eigenvalue weighted by Gasteiger charge is 2.37. The number of aryl methyl sites for hydroxylation is 1. The first-order chi connectivity index (χ1) is 11.2. The third kappa shape index (κ3) is 2.99. The molecule has 0 heterocycles. The Morgan fingerprint density at radius 2 is 1.91 bits per heavy atom. The highest BCUT2D eigenvalue weighted by atomic mass is 16.3. The zero-order chi connectivity index (χ0) is 16.3. The molecular formula is C19H20N2O2. The van der Waals surface area contributed by atoms with Crippen molar-refractivity contribution in [2.24, 2.45) is 0 Å². The number of aliphatic hydroxyl groups excluding tert-OH is 2. The van der Waals surface area contributed by atoms with Gasteiger partial charge in [-0.2, -0.15) is 5.26 Å². The molecule has 118 valence electrons. The van der Waals surface area contributed by atoms with Crippen LogP contribution in [-0.4, -0.2) is 23.4 Å².